The largest absolute Gasteiger partial charge is 0.384 e. The minimum absolute atomic E-state index is 0.335. The van der Waals surface area contributed by atoms with Crippen molar-refractivity contribution in [1.82, 2.24) is 4.98 Å². The molecule has 3 nitrogen and oxygen atoms in total. The number of nitrogens with zero attached hydrogens (tertiary/aromatic N) is 1. The number of aromatic nitrogens is 1. The van der Waals surface area contributed by atoms with Gasteiger partial charge in [-0.2, -0.15) is 0 Å². The third-order valence-corrected chi connectivity index (χ3v) is 2.66. The molecular formula is C13H13ClFN3. The molecular weight excluding hydrogens is 253 g/mol. The topological polar surface area (TPSA) is 37.0 Å². The predicted octanol–water partition coefficient (Wildman–Crippen LogP) is 4.05. The molecule has 0 spiro atoms. The standard InChI is InChI=1S/C13H13ClFN3/c1-2-17-10-6-11(8-16-7-10)18-13-5-9(15)3-4-12(13)14/h3-8,17-18H,2H2,1H3. The lowest BCUT2D eigenvalue weighted by atomic mass is 10.3. The third-order valence-electron chi connectivity index (χ3n) is 2.33. The first-order valence-electron chi connectivity index (χ1n) is 5.60. The van der Waals surface area contributed by atoms with Crippen LogP contribution in [0.5, 0.6) is 0 Å². The minimum Gasteiger partial charge on any atom is -0.384 e. The maximum atomic E-state index is 13.1. The zero-order chi connectivity index (χ0) is 13.0. The monoisotopic (exact) mass is 265 g/mol. The molecule has 0 saturated heterocycles. The highest BCUT2D eigenvalue weighted by atomic mass is 35.5. The van der Waals surface area contributed by atoms with E-state index in [-0.39, 0.29) is 5.82 Å². The molecule has 0 saturated carbocycles. The van der Waals surface area contributed by atoms with Crippen molar-refractivity contribution in [1.29, 1.82) is 0 Å². The number of hydrogen-bond acceptors (Lipinski definition) is 3. The van der Waals surface area contributed by atoms with Gasteiger partial charge in [0.15, 0.2) is 0 Å². The molecule has 1 heterocycles. The molecule has 0 aliphatic carbocycles. The molecule has 2 N–H and O–H groups in total. The summed E-state index contributed by atoms with van der Waals surface area (Å²) < 4.78 is 13.1. The highest BCUT2D eigenvalue weighted by Gasteiger charge is 2.03. The Morgan fingerprint density at radius 1 is 1.22 bits per heavy atom. The highest BCUT2D eigenvalue weighted by Crippen LogP contribution is 2.26. The normalized spacial score (nSPS) is 10.2. The Hall–Kier alpha value is -1.81. The molecule has 5 heteroatoms. The predicted molar refractivity (Wildman–Crippen MR) is 73.1 cm³/mol. The van der Waals surface area contributed by atoms with E-state index in [9.17, 15) is 4.39 Å². The molecule has 0 radical (unpaired) electrons. The van der Waals surface area contributed by atoms with Gasteiger partial charge in [0.05, 0.1) is 34.5 Å². The van der Waals surface area contributed by atoms with Crippen molar-refractivity contribution in [2.24, 2.45) is 0 Å². The van der Waals surface area contributed by atoms with Crippen molar-refractivity contribution >= 4 is 28.7 Å². The Bertz CT molecular complexity index is 546. The SMILES string of the molecule is CCNc1cncc(Nc2cc(F)ccc2Cl)c1. The fourth-order valence-corrected chi connectivity index (χ4v) is 1.72. The molecule has 94 valence electrons. The smallest absolute Gasteiger partial charge is 0.125 e. The van der Waals surface area contributed by atoms with Gasteiger partial charge in [-0.1, -0.05) is 11.6 Å². The average Bonchev–Trinajstić information content (AvgIpc) is 2.35. The highest BCUT2D eigenvalue weighted by molar-refractivity contribution is 6.33. The third kappa shape index (κ3) is 3.11. The first kappa shape index (κ1) is 12.6. The number of pyridine rings is 1. The van der Waals surface area contributed by atoms with Crippen LogP contribution in [0.25, 0.3) is 0 Å². The average molecular weight is 266 g/mol. The summed E-state index contributed by atoms with van der Waals surface area (Å²) in [5.41, 5.74) is 2.17. The molecule has 0 bridgehead atoms. The van der Waals surface area contributed by atoms with Gasteiger partial charge in [0, 0.05) is 6.54 Å². The van der Waals surface area contributed by atoms with E-state index in [0.717, 1.165) is 17.9 Å². The summed E-state index contributed by atoms with van der Waals surface area (Å²) in [6.45, 7) is 2.81. The summed E-state index contributed by atoms with van der Waals surface area (Å²) in [6, 6.07) is 6.07. The van der Waals surface area contributed by atoms with Crippen LogP contribution in [-0.2, 0) is 0 Å². The second-order valence-corrected chi connectivity index (χ2v) is 4.15. The Morgan fingerprint density at radius 2 is 2.00 bits per heavy atom. The van der Waals surface area contributed by atoms with Gasteiger partial charge in [0.1, 0.15) is 5.82 Å². The molecule has 2 rings (SSSR count). The first-order chi connectivity index (χ1) is 8.69. The number of rotatable bonds is 4. The van der Waals surface area contributed by atoms with Crippen LogP contribution in [0.4, 0.5) is 21.5 Å². The number of benzene rings is 1. The number of anilines is 3. The first-order valence-corrected chi connectivity index (χ1v) is 5.98. The molecule has 0 aliphatic heterocycles. The number of halogens is 2. The summed E-state index contributed by atoms with van der Waals surface area (Å²) in [4.78, 5) is 4.09. The van der Waals surface area contributed by atoms with E-state index >= 15 is 0 Å². The lowest BCUT2D eigenvalue weighted by molar-refractivity contribution is 0.628. The van der Waals surface area contributed by atoms with Gasteiger partial charge in [-0.25, -0.2) is 4.39 Å². The summed E-state index contributed by atoms with van der Waals surface area (Å²) >= 11 is 5.98. The van der Waals surface area contributed by atoms with Gasteiger partial charge in [0.2, 0.25) is 0 Å². The van der Waals surface area contributed by atoms with E-state index in [1.165, 1.54) is 18.2 Å². The van der Waals surface area contributed by atoms with E-state index in [0.29, 0.717) is 10.7 Å². The van der Waals surface area contributed by atoms with Crippen LogP contribution < -0.4 is 10.6 Å². The Labute approximate surface area is 110 Å². The van der Waals surface area contributed by atoms with Crippen LogP contribution in [0, 0.1) is 5.82 Å². The molecule has 0 atom stereocenters. The molecule has 0 amide bonds. The Kier molecular flexibility index (Phi) is 3.99. The molecule has 2 aromatic rings. The Morgan fingerprint density at radius 3 is 2.78 bits per heavy atom. The Balaban J connectivity index is 2.22. The van der Waals surface area contributed by atoms with Crippen molar-refractivity contribution in [2.75, 3.05) is 17.2 Å². The zero-order valence-electron chi connectivity index (χ0n) is 9.87. The second kappa shape index (κ2) is 5.69. The van der Waals surface area contributed by atoms with E-state index in [1.807, 2.05) is 13.0 Å². The van der Waals surface area contributed by atoms with Gasteiger partial charge < -0.3 is 10.6 Å². The van der Waals surface area contributed by atoms with Crippen molar-refractivity contribution in [3.05, 3.63) is 47.5 Å². The summed E-state index contributed by atoms with van der Waals surface area (Å²) in [5, 5.41) is 6.65. The van der Waals surface area contributed by atoms with Gasteiger partial charge >= 0.3 is 0 Å². The van der Waals surface area contributed by atoms with Crippen LogP contribution in [0.3, 0.4) is 0 Å². The van der Waals surface area contributed by atoms with Crippen LogP contribution in [0.2, 0.25) is 5.02 Å². The van der Waals surface area contributed by atoms with E-state index < -0.39 is 0 Å². The van der Waals surface area contributed by atoms with Crippen molar-refractivity contribution in [3.63, 3.8) is 0 Å². The van der Waals surface area contributed by atoms with Crippen LogP contribution >= 0.6 is 11.6 Å². The molecule has 0 unspecified atom stereocenters. The van der Waals surface area contributed by atoms with Crippen LogP contribution in [0.1, 0.15) is 6.92 Å². The maximum absolute atomic E-state index is 13.1. The quantitative estimate of drug-likeness (QED) is 0.876. The van der Waals surface area contributed by atoms with E-state index in [1.54, 1.807) is 12.4 Å². The summed E-state index contributed by atoms with van der Waals surface area (Å²) in [5.74, 6) is -0.335. The lowest BCUT2D eigenvalue weighted by Crippen LogP contribution is -1.99. The van der Waals surface area contributed by atoms with Gasteiger partial charge in [-0.05, 0) is 31.2 Å². The zero-order valence-corrected chi connectivity index (χ0v) is 10.6. The summed E-state index contributed by atoms with van der Waals surface area (Å²) in [6.07, 6.45) is 3.38. The van der Waals surface area contributed by atoms with E-state index in [2.05, 4.69) is 15.6 Å². The van der Waals surface area contributed by atoms with Crippen molar-refractivity contribution in [3.8, 4) is 0 Å². The molecule has 0 aliphatic rings. The maximum Gasteiger partial charge on any atom is 0.125 e. The second-order valence-electron chi connectivity index (χ2n) is 3.74. The fourth-order valence-electron chi connectivity index (χ4n) is 1.56. The fraction of sp³-hybridized carbons (Fsp3) is 0.154. The molecule has 1 aromatic heterocycles. The minimum atomic E-state index is -0.335. The van der Waals surface area contributed by atoms with E-state index in [4.69, 9.17) is 11.6 Å². The van der Waals surface area contributed by atoms with Crippen LogP contribution in [0.15, 0.2) is 36.7 Å². The molecule has 1 aromatic carbocycles. The number of hydrogen-bond donors (Lipinski definition) is 2. The summed E-state index contributed by atoms with van der Waals surface area (Å²) in [7, 11) is 0. The van der Waals surface area contributed by atoms with Crippen molar-refractivity contribution < 1.29 is 4.39 Å². The van der Waals surface area contributed by atoms with Gasteiger partial charge in [0.25, 0.3) is 0 Å². The van der Waals surface area contributed by atoms with Gasteiger partial charge in [-0.15, -0.1) is 0 Å². The van der Waals surface area contributed by atoms with Crippen molar-refractivity contribution in [2.45, 2.75) is 6.92 Å². The molecule has 18 heavy (non-hydrogen) atoms. The molecule has 0 fully saturated rings. The van der Waals surface area contributed by atoms with Crippen LogP contribution in [-0.4, -0.2) is 11.5 Å². The van der Waals surface area contributed by atoms with Gasteiger partial charge in [-0.3, -0.25) is 4.98 Å². The lowest BCUT2D eigenvalue weighted by Gasteiger charge is -2.10. The number of nitrogens with one attached hydrogen (secondary N) is 2.